The van der Waals surface area contributed by atoms with Gasteiger partial charge in [0, 0.05) is 17.2 Å². The molecule has 0 fully saturated rings. The van der Waals surface area contributed by atoms with Crippen LogP contribution in [0.1, 0.15) is 36.7 Å². The Balaban J connectivity index is 3.14. The SMILES string of the molecule is CC(C)(C)c1ccc(C(=O)NCC(N)=O)cc1[N+](=O)[O-]. The molecule has 1 rings (SSSR count). The van der Waals surface area contributed by atoms with Crippen LogP contribution in [-0.4, -0.2) is 23.3 Å². The fourth-order valence-electron chi connectivity index (χ4n) is 1.73. The minimum absolute atomic E-state index is 0.117. The second-order valence-electron chi connectivity index (χ2n) is 5.39. The average molecular weight is 279 g/mol. The van der Waals surface area contributed by atoms with E-state index in [0.717, 1.165) is 0 Å². The summed E-state index contributed by atoms with van der Waals surface area (Å²) in [6.45, 7) is 5.24. The summed E-state index contributed by atoms with van der Waals surface area (Å²) < 4.78 is 0. The molecular formula is C13H17N3O4. The third kappa shape index (κ3) is 3.78. The van der Waals surface area contributed by atoms with E-state index in [1.807, 2.05) is 20.8 Å². The van der Waals surface area contributed by atoms with Gasteiger partial charge in [0.15, 0.2) is 0 Å². The van der Waals surface area contributed by atoms with E-state index in [4.69, 9.17) is 5.73 Å². The number of nitrogens with one attached hydrogen (secondary N) is 1. The molecular weight excluding hydrogens is 262 g/mol. The smallest absolute Gasteiger partial charge is 0.273 e. The van der Waals surface area contributed by atoms with Crippen molar-refractivity contribution in [1.29, 1.82) is 0 Å². The van der Waals surface area contributed by atoms with Crippen molar-refractivity contribution in [1.82, 2.24) is 5.32 Å². The number of nitrogens with zero attached hydrogens (tertiary/aromatic N) is 1. The van der Waals surface area contributed by atoms with Gasteiger partial charge in [-0.05, 0) is 11.5 Å². The van der Waals surface area contributed by atoms with Gasteiger partial charge < -0.3 is 11.1 Å². The standard InChI is InChI=1S/C13H17N3O4/c1-13(2,3)9-5-4-8(6-10(9)16(19)20)12(18)15-7-11(14)17/h4-6H,7H2,1-3H3,(H2,14,17)(H,15,18). The Morgan fingerprint density at radius 1 is 1.35 bits per heavy atom. The van der Waals surface area contributed by atoms with Crippen molar-refractivity contribution in [2.45, 2.75) is 26.2 Å². The van der Waals surface area contributed by atoms with Crippen LogP contribution >= 0.6 is 0 Å². The molecule has 1 aromatic rings. The molecule has 3 N–H and O–H groups in total. The van der Waals surface area contributed by atoms with Crippen LogP contribution in [0.15, 0.2) is 18.2 Å². The van der Waals surface area contributed by atoms with Crippen LogP contribution in [0.3, 0.4) is 0 Å². The molecule has 7 heteroatoms. The minimum atomic E-state index is -0.681. The van der Waals surface area contributed by atoms with E-state index in [2.05, 4.69) is 5.32 Å². The maximum atomic E-state index is 11.7. The third-order valence-corrected chi connectivity index (χ3v) is 2.69. The molecule has 0 heterocycles. The average Bonchev–Trinajstić information content (AvgIpc) is 2.33. The van der Waals surface area contributed by atoms with Gasteiger partial charge in [0.05, 0.1) is 11.5 Å². The van der Waals surface area contributed by atoms with Crippen molar-refractivity contribution < 1.29 is 14.5 Å². The predicted molar refractivity (Wildman–Crippen MR) is 73.3 cm³/mol. The molecule has 0 atom stereocenters. The number of primary amides is 1. The summed E-state index contributed by atoms with van der Waals surface area (Å²) in [6.07, 6.45) is 0. The summed E-state index contributed by atoms with van der Waals surface area (Å²) in [5.74, 6) is -1.26. The Morgan fingerprint density at radius 3 is 2.40 bits per heavy atom. The number of nitro benzene ring substituents is 1. The number of amides is 2. The quantitative estimate of drug-likeness (QED) is 0.634. The second kappa shape index (κ2) is 5.68. The number of nitrogens with two attached hydrogens (primary N) is 1. The first-order valence-corrected chi connectivity index (χ1v) is 5.98. The van der Waals surface area contributed by atoms with Crippen LogP contribution in [0.25, 0.3) is 0 Å². The topological polar surface area (TPSA) is 115 Å². The molecule has 0 aliphatic rings. The van der Waals surface area contributed by atoms with Gasteiger partial charge in [-0.3, -0.25) is 19.7 Å². The zero-order chi connectivity index (χ0) is 15.5. The molecule has 0 aliphatic heterocycles. The van der Waals surface area contributed by atoms with Gasteiger partial charge in [-0.1, -0.05) is 26.8 Å². The minimum Gasteiger partial charge on any atom is -0.368 e. The highest BCUT2D eigenvalue weighted by Crippen LogP contribution is 2.31. The van der Waals surface area contributed by atoms with Crippen LogP contribution in [0.5, 0.6) is 0 Å². The molecule has 2 amide bonds. The highest BCUT2D eigenvalue weighted by Gasteiger charge is 2.26. The molecule has 0 radical (unpaired) electrons. The molecule has 1 aromatic carbocycles. The van der Waals surface area contributed by atoms with E-state index in [1.165, 1.54) is 12.1 Å². The molecule has 0 bridgehead atoms. The lowest BCUT2D eigenvalue weighted by molar-refractivity contribution is -0.386. The summed E-state index contributed by atoms with van der Waals surface area (Å²) in [5.41, 5.74) is 5.04. The van der Waals surface area contributed by atoms with Crippen LogP contribution in [0.2, 0.25) is 0 Å². The summed E-state index contributed by atoms with van der Waals surface area (Å²) in [7, 11) is 0. The van der Waals surface area contributed by atoms with Crippen LogP contribution in [0.4, 0.5) is 5.69 Å². The van der Waals surface area contributed by atoms with Gasteiger partial charge in [-0.15, -0.1) is 0 Å². The maximum absolute atomic E-state index is 11.7. The fraction of sp³-hybridized carbons (Fsp3) is 0.385. The second-order valence-corrected chi connectivity index (χ2v) is 5.39. The van der Waals surface area contributed by atoms with E-state index >= 15 is 0 Å². The Morgan fingerprint density at radius 2 is 1.95 bits per heavy atom. The number of hydrogen-bond donors (Lipinski definition) is 2. The Kier molecular flexibility index (Phi) is 4.44. The lowest BCUT2D eigenvalue weighted by Gasteiger charge is -2.19. The number of carbonyl (C=O) groups excluding carboxylic acids is 2. The van der Waals surface area contributed by atoms with Crippen molar-refractivity contribution in [2.75, 3.05) is 6.54 Å². The molecule has 7 nitrogen and oxygen atoms in total. The van der Waals surface area contributed by atoms with E-state index in [9.17, 15) is 19.7 Å². The highest BCUT2D eigenvalue weighted by molar-refractivity contribution is 5.97. The molecule has 0 unspecified atom stereocenters. The summed E-state index contributed by atoms with van der Waals surface area (Å²) in [6, 6.07) is 4.25. The number of benzene rings is 1. The first-order chi connectivity index (χ1) is 9.12. The summed E-state index contributed by atoms with van der Waals surface area (Å²) in [4.78, 5) is 32.9. The number of nitro groups is 1. The first-order valence-electron chi connectivity index (χ1n) is 5.98. The van der Waals surface area contributed by atoms with E-state index in [1.54, 1.807) is 6.07 Å². The zero-order valence-corrected chi connectivity index (χ0v) is 11.6. The summed E-state index contributed by atoms with van der Waals surface area (Å²) >= 11 is 0. The summed E-state index contributed by atoms with van der Waals surface area (Å²) in [5, 5.41) is 13.4. The number of carbonyl (C=O) groups is 2. The van der Waals surface area contributed by atoms with E-state index < -0.39 is 22.2 Å². The maximum Gasteiger partial charge on any atom is 0.273 e. The molecule has 0 aromatic heterocycles. The molecule has 0 aliphatic carbocycles. The first kappa shape index (κ1) is 15.6. The Bertz CT molecular complexity index is 561. The molecule has 108 valence electrons. The van der Waals surface area contributed by atoms with Crippen molar-refractivity contribution in [3.8, 4) is 0 Å². The molecule has 20 heavy (non-hydrogen) atoms. The van der Waals surface area contributed by atoms with Crippen molar-refractivity contribution in [3.05, 3.63) is 39.4 Å². The van der Waals surface area contributed by atoms with Gasteiger partial charge >= 0.3 is 0 Å². The van der Waals surface area contributed by atoms with Gasteiger partial charge in [0.25, 0.3) is 11.6 Å². The van der Waals surface area contributed by atoms with Crippen LogP contribution in [0, 0.1) is 10.1 Å². The molecule has 0 saturated heterocycles. The van der Waals surface area contributed by atoms with Crippen LogP contribution < -0.4 is 11.1 Å². The van der Waals surface area contributed by atoms with Crippen molar-refractivity contribution in [3.63, 3.8) is 0 Å². The van der Waals surface area contributed by atoms with Crippen molar-refractivity contribution in [2.24, 2.45) is 5.73 Å². The number of rotatable bonds is 4. The zero-order valence-electron chi connectivity index (χ0n) is 11.6. The largest absolute Gasteiger partial charge is 0.368 e. The number of hydrogen-bond acceptors (Lipinski definition) is 4. The highest BCUT2D eigenvalue weighted by atomic mass is 16.6. The molecule has 0 saturated carbocycles. The monoisotopic (exact) mass is 279 g/mol. The van der Waals surface area contributed by atoms with Gasteiger partial charge in [0.2, 0.25) is 5.91 Å². The van der Waals surface area contributed by atoms with E-state index in [0.29, 0.717) is 5.56 Å². The fourth-order valence-corrected chi connectivity index (χ4v) is 1.73. The van der Waals surface area contributed by atoms with Crippen molar-refractivity contribution >= 4 is 17.5 Å². The van der Waals surface area contributed by atoms with Gasteiger partial charge in [-0.25, -0.2) is 0 Å². The molecule has 0 spiro atoms. The lowest BCUT2D eigenvalue weighted by atomic mass is 9.85. The van der Waals surface area contributed by atoms with Crippen LogP contribution in [-0.2, 0) is 10.2 Å². The Labute approximate surface area is 116 Å². The lowest BCUT2D eigenvalue weighted by Crippen LogP contribution is -2.33. The normalized spacial score (nSPS) is 10.9. The van der Waals surface area contributed by atoms with Gasteiger partial charge in [0.1, 0.15) is 0 Å². The van der Waals surface area contributed by atoms with Gasteiger partial charge in [-0.2, -0.15) is 0 Å². The predicted octanol–water partition coefficient (Wildman–Crippen LogP) is 1.11. The van der Waals surface area contributed by atoms with E-state index in [-0.39, 0.29) is 17.8 Å². The third-order valence-electron chi connectivity index (χ3n) is 2.69. The Hall–Kier alpha value is -2.44.